The quantitative estimate of drug-likeness (QED) is 0.828. The zero-order valence-corrected chi connectivity index (χ0v) is 9.39. The number of aromatic nitrogens is 3. The van der Waals surface area contributed by atoms with Crippen molar-refractivity contribution < 1.29 is 4.42 Å². The van der Waals surface area contributed by atoms with Gasteiger partial charge in [-0.15, -0.1) is 5.10 Å². The molecule has 0 spiro atoms. The molecule has 5 nitrogen and oxygen atoms in total. The number of nitrogens with zero attached hydrogens (tertiary/aromatic N) is 3. The van der Waals surface area contributed by atoms with Crippen molar-refractivity contribution in [2.45, 2.75) is 26.3 Å². The van der Waals surface area contributed by atoms with Crippen LogP contribution in [0, 0.1) is 0 Å². The van der Waals surface area contributed by atoms with E-state index in [1.54, 1.807) is 4.68 Å². The molecule has 0 bridgehead atoms. The van der Waals surface area contributed by atoms with Gasteiger partial charge in [0.15, 0.2) is 5.76 Å². The summed E-state index contributed by atoms with van der Waals surface area (Å²) in [6.45, 7) is 3.52. The Balaban J connectivity index is 2.11. The van der Waals surface area contributed by atoms with Gasteiger partial charge in [0.05, 0.1) is 6.20 Å². The molecule has 0 saturated carbocycles. The number of hydrogen-bond acceptors (Lipinski definition) is 4. The molecule has 86 valence electrons. The van der Waals surface area contributed by atoms with Crippen LogP contribution < -0.4 is 5.73 Å². The van der Waals surface area contributed by atoms with Crippen LogP contribution in [0.25, 0.3) is 11.5 Å². The van der Waals surface area contributed by atoms with E-state index in [9.17, 15) is 0 Å². The van der Waals surface area contributed by atoms with E-state index in [1.807, 2.05) is 18.3 Å². The average molecular weight is 220 g/mol. The van der Waals surface area contributed by atoms with E-state index in [4.69, 9.17) is 10.2 Å². The Morgan fingerprint density at radius 2 is 2.31 bits per heavy atom. The summed E-state index contributed by atoms with van der Waals surface area (Å²) in [5.41, 5.74) is 6.21. The summed E-state index contributed by atoms with van der Waals surface area (Å²) in [4.78, 5) is 0. The normalized spacial score (nSPS) is 10.9. The second kappa shape index (κ2) is 4.94. The van der Waals surface area contributed by atoms with E-state index in [-0.39, 0.29) is 0 Å². The minimum absolute atomic E-state index is 0.663. The largest absolute Gasteiger partial charge is 0.459 e. The topological polar surface area (TPSA) is 69.9 Å². The Kier molecular flexibility index (Phi) is 3.36. The van der Waals surface area contributed by atoms with E-state index >= 15 is 0 Å². The van der Waals surface area contributed by atoms with Crippen molar-refractivity contribution in [2.24, 2.45) is 5.73 Å². The second-order valence-electron chi connectivity index (χ2n) is 3.63. The number of furan rings is 1. The molecule has 0 aliphatic carbocycles. The molecule has 2 N–H and O–H groups in total. The van der Waals surface area contributed by atoms with Crippen LogP contribution in [0.1, 0.15) is 19.1 Å². The summed E-state index contributed by atoms with van der Waals surface area (Å²) in [5, 5.41) is 8.08. The maximum atomic E-state index is 5.60. The number of hydrogen-bond donors (Lipinski definition) is 1. The summed E-state index contributed by atoms with van der Waals surface area (Å²) in [6.07, 6.45) is 3.68. The third kappa shape index (κ3) is 2.30. The lowest BCUT2D eigenvalue weighted by atomic mass is 10.3. The highest BCUT2D eigenvalue weighted by molar-refractivity contribution is 5.50. The van der Waals surface area contributed by atoms with E-state index in [0.29, 0.717) is 6.54 Å². The first-order chi connectivity index (χ1) is 7.83. The predicted molar refractivity (Wildman–Crippen MR) is 60.8 cm³/mol. The van der Waals surface area contributed by atoms with Crippen molar-refractivity contribution in [2.75, 3.05) is 6.54 Å². The summed E-state index contributed by atoms with van der Waals surface area (Å²) in [6, 6.07) is 3.89. The van der Waals surface area contributed by atoms with E-state index in [0.717, 1.165) is 36.6 Å². The van der Waals surface area contributed by atoms with Gasteiger partial charge in [0.1, 0.15) is 11.5 Å². The third-order valence-corrected chi connectivity index (χ3v) is 2.39. The van der Waals surface area contributed by atoms with Crippen LogP contribution in [0.3, 0.4) is 0 Å². The molecule has 0 aliphatic heterocycles. The lowest BCUT2D eigenvalue weighted by molar-refractivity contribution is 0.527. The number of aryl methyl sites for hydroxylation is 2. The molecule has 0 aromatic carbocycles. The van der Waals surface area contributed by atoms with Crippen LogP contribution in [-0.4, -0.2) is 21.5 Å². The molecule has 0 fully saturated rings. The van der Waals surface area contributed by atoms with E-state index in [1.165, 1.54) is 0 Å². The van der Waals surface area contributed by atoms with Crippen molar-refractivity contribution >= 4 is 0 Å². The summed E-state index contributed by atoms with van der Waals surface area (Å²) in [5.74, 6) is 1.74. The Morgan fingerprint density at radius 3 is 3.00 bits per heavy atom. The van der Waals surface area contributed by atoms with Gasteiger partial charge in [-0.05, 0) is 25.1 Å². The summed E-state index contributed by atoms with van der Waals surface area (Å²) >= 11 is 0. The van der Waals surface area contributed by atoms with Gasteiger partial charge >= 0.3 is 0 Å². The van der Waals surface area contributed by atoms with Crippen LogP contribution in [-0.2, 0) is 13.0 Å². The van der Waals surface area contributed by atoms with E-state index in [2.05, 4.69) is 17.2 Å². The zero-order chi connectivity index (χ0) is 11.4. The van der Waals surface area contributed by atoms with Crippen molar-refractivity contribution in [3.8, 4) is 11.5 Å². The highest BCUT2D eigenvalue weighted by atomic mass is 16.3. The lowest BCUT2D eigenvalue weighted by Crippen LogP contribution is -2.06. The maximum Gasteiger partial charge on any atom is 0.156 e. The Morgan fingerprint density at radius 1 is 1.44 bits per heavy atom. The van der Waals surface area contributed by atoms with Gasteiger partial charge < -0.3 is 10.2 Å². The van der Waals surface area contributed by atoms with Crippen LogP contribution in [0.15, 0.2) is 22.7 Å². The molecule has 2 heterocycles. The molecule has 0 atom stereocenters. The van der Waals surface area contributed by atoms with Crippen LogP contribution in [0.4, 0.5) is 0 Å². The molecule has 0 saturated heterocycles. The fourth-order valence-corrected chi connectivity index (χ4v) is 1.48. The summed E-state index contributed by atoms with van der Waals surface area (Å²) in [7, 11) is 0. The molecule has 0 unspecified atom stereocenters. The zero-order valence-electron chi connectivity index (χ0n) is 9.39. The fourth-order valence-electron chi connectivity index (χ4n) is 1.48. The van der Waals surface area contributed by atoms with Crippen molar-refractivity contribution in [3.63, 3.8) is 0 Å². The first-order valence-electron chi connectivity index (χ1n) is 5.52. The molecular weight excluding hydrogens is 204 g/mol. The van der Waals surface area contributed by atoms with Crippen LogP contribution >= 0.6 is 0 Å². The number of rotatable bonds is 5. The van der Waals surface area contributed by atoms with Crippen molar-refractivity contribution in [1.82, 2.24) is 15.0 Å². The molecule has 16 heavy (non-hydrogen) atoms. The minimum atomic E-state index is 0.663. The van der Waals surface area contributed by atoms with Gasteiger partial charge in [-0.2, -0.15) is 0 Å². The molecule has 0 aliphatic rings. The van der Waals surface area contributed by atoms with Gasteiger partial charge in [-0.25, -0.2) is 0 Å². The van der Waals surface area contributed by atoms with Gasteiger partial charge in [-0.1, -0.05) is 12.1 Å². The van der Waals surface area contributed by atoms with Gasteiger partial charge in [0.2, 0.25) is 0 Å². The van der Waals surface area contributed by atoms with Gasteiger partial charge in [-0.3, -0.25) is 4.68 Å². The highest BCUT2D eigenvalue weighted by Crippen LogP contribution is 2.19. The maximum absolute atomic E-state index is 5.60. The first-order valence-corrected chi connectivity index (χ1v) is 5.52. The fraction of sp³-hybridized carbons (Fsp3) is 0.455. The van der Waals surface area contributed by atoms with Gasteiger partial charge in [0.25, 0.3) is 0 Å². The minimum Gasteiger partial charge on any atom is -0.459 e. The van der Waals surface area contributed by atoms with Crippen molar-refractivity contribution in [3.05, 3.63) is 24.1 Å². The molecule has 5 heteroatoms. The molecular formula is C11H16N4O. The highest BCUT2D eigenvalue weighted by Gasteiger charge is 2.07. The van der Waals surface area contributed by atoms with Crippen molar-refractivity contribution in [1.29, 1.82) is 0 Å². The SMILES string of the molecule is CCc1ccc(-c2cn(CCCN)nn2)o1. The average Bonchev–Trinajstić information content (AvgIpc) is 2.94. The summed E-state index contributed by atoms with van der Waals surface area (Å²) < 4.78 is 7.38. The molecule has 2 aromatic rings. The smallest absolute Gasteiger partial charge is 0.156 e. The Hall–Kier alpha value is -1.62. The van der Waals surface area contributed by atoms with Crippen LogP contribution in [0.2, 0.25) is 0 Å². The molecule has 0 radical (unpaired) electrons. The Bertz CT molecular complexity index is 446. The predicted octanol–water partition coefficient (Wildman–Crippen LogP) is 1.45. The lowest BCUT2D eigenvalue weighted by Gasteiger charge is -1.95. The molecule has 0 amide bonds. The molecule has 2 rings (SSSR count). The third-order valence-electron chi connectivity index (χ3n) is 2.39. The Labute approximate surface area is 94.2 Å². The second-order valence-corrected chi connectivity index (χ2v) is 3.63. The van der Waals surface area contributed by atoms with E-state index < -0.39 is 0 Å². The number of nitrogens with two attached hydrogens (primary N) is 1. The monoisotopic (exact) mass is 220 g/mol. The van der Waals surface area contributed by atoms with Crippen LogP contribution in [0.5, 0.6) is 0 Å². The van der Waals surface area contributed by atoms with Gasteiger partial charge in [0, 0.05) is 13.0 Å². The standard InChI is InChI=1S/C11H16N4O/c1-2-9-4-5-11(16-9)10-8-15(14-13-10)7-3-6-12/h4-5,8H,2-3,6-7,12H2,1H3. The molecule has 2 aromatic heterocycles. The first kappa shape index (κ1) is 10.9.